The first-order valence-electron chi connectivity index (χ1n) is 7.36. The maximum absolute atomic E-state index is 12.8. The second kappa shape index (κ2) is 7.30. The fourth-order valence-corrected chi connectivity index (χ4v) is 2.22. The molecular weight excluding hydrogens is 301 g/mol. The lowest BCUT2D eigenvalue weighted by Gasteiger charge is -2.13. The van der Waals surface area contributed by atoms with E-state index >= 15 is 0 Å². The van der Waals surface area contributed by atoms with Crippen LogP contribution in [0.25, 0.3) is 0 Å². The first kappa shape index (κ1) is 15.6. The minimum Gasteiger partial charge on any atom is -0.491 e. The van der Waals surface area contributed by atoms with E-state index in [2.05, 4.69) is 5.32 Å². The second-order valence-corrected chi connectivity index (χ2v) is 5.24. The first-order valence-corrected chi connectivity index (χ1v) is 7.36. The van der Waals surface area contributed by atoms with Crippen molar-refractivity contribution in [2.45, 2.75) is 12.6 Å². The Labute approximate surface area is 133 Å². The molecule has 1 atom stereocenters. The Hall–Kier alpha value is -2.31. The number of halogens is 1. The molecule has 0 saturated heterocycles. The highest BCUT2D eigenvalue weighted by atomic mass is 19.1. The van der Waals surface area contributed by atoms with E-state index in [-0.39, 0.29) is 19.2 Å². The van der Waals surface area contributed by atoms with Crippen LogP contribution in [-0.4, -0.2) is 31.2 Å². The van der Waals surface area contributed by atoms with Crippen molar-refractivity contribution < 1.29 is 23.7 Å². The predicted octanol–water partition coefficient (Wildman–Crippen LogP) is 2.08. The summed E-state index contributed by atoms with van der Waals surface area (Å²) in [6.45, 7) is 1.38. The van der Waals surface area contributed by atoms with E-state index in [9.17, 15) is 9.50 Å². The monoisotopic (exact) mass is 319 g/mol. The Morgan fingerprint density at radius 3 is 2.74 bits per heavy atom. The summed E-state index contributed by atoms with van der Waals surface area (Å²) in [5, 5.41) is 13.0. The van der Waals surface area contributed by atoms with Crippen molar-refractivity contribution in [2.24, 2.45) is 0 Å². The fraction of sp³-hybridized carbons (Fsp3) is 0.294. The van der Waals surface area contributed by atoms with Gasteiger partial charge in [0.25, 0.3) is 0 Å². The summed E-state index contributed by atoms with van der Waals surface area (Å²) in [7, 11) is 0. The van der Waals surface area contributed by atoms with Crippen molar-refractivity contribution in [3.8, 4) is 17.2 Å². The van der Waals surface area contributed by atoms with E-state index in [4.69, 9.17) is 14.2 Å². The fourth-order valence-electron chi connectivity index (χ4n) is 2.22. The van der Waals surface area contributed by atoms with Crippen LogP contribution < -0.4 is 19.5 Å². The maximum Gasteiger partial charge on any atom is 0.231 e. The van der Waals surface area contributed by atoms with Gasteiger partial charge in [-0.25, -0.2) is 4.39 Å². The molecule has 3 rings (SSSR count). The predicted molar refractivity (Wildman–Crippen MR) is 82.2 cm³/mol. The molecule has 6 heteroatoms. The summed E-state index contributed by atoms with van der Waals surface area (Å²) in [4.78, 5) is 0. The molecule has 2 aromatic rings. The summed E-state index contributed by atoms with van der Waals surface area (Å²) >= 11 is 0. The molecule has 122 valence electrons. The van der Waals surface area contributed by atoms with E-state index in [0.29, 0.717) is 18.8 Å². The molecule has 0 aliphatic carbocycles. The van der Waals surface area contributed by atoms with Crippen LogP contribution in [0.2, 0.25) is 0 Å². The number of aliphatic hydroxyl groups excluding tert-OH is 1. The van der Waals surface area contributed by atoms with Crippen LogP contribution >= 0.6 is 0 Å². The van der Waals surface area contributed by atoms with Gasteiger partial charge in [-0.1, -0.05) is 6.07 Å². The molecule has 0 amide bonds. The van der Waals surface area contributed by atoms with Gasteiger partial charge in [-0.05, 0) is 42.0 Å². The average Bonchev–Trinajstić information content (AvgIpc) is 3.02. The molecule has 1 heterocycles. The van der Waals surface area contributed by atoms with Crippen LogP contribution in [0.4, 0.5) is 4.39 Å². The summed E-state index contributed by atoms with van der Waals surface area (Å²) in [5.74, 6) is 1.70. The lowest BCUT2D eigenvalue weighted by molar-refractivity contribution is 0.106. The van der Waals surface area contributed by atoms with Gasteiger partial charge in [0.05, 0.1) is 0 Å². The number of ether oxygens (including phenoxy) is 3. The molecule has 0 spiro atoms. The Balaban J connectivity index is 1.39. The normalized spacial score (nSPS) is 13.8. The summed E-state index contributed by atoms with van der Waals surface area (Å²) in [6.07, 6.45) is -0.658. The second-order valence-electron chi connectivity index (χ2n) is 5.24. The molecule has 23 heavy (non-hydrogen) atoms. The number of benzene rings is 2. The third kappa shape index (κ3) is 4.34. The largest absolute Gasteiger partial charge is 0.491 e. The molecule has 0 unspecified atom stereocenters. The van der Waals surface area contributed by atoms with Gasteiger partial charge in [0, 0.05) is 13.1 Å². The van der Waals surface area contributed by atoms with Crippen molar-refractivity contribution in [1.29, 1.82) is 0 Å². The van der Waals surface area contributed by atoms with Crippen LogP contribution in [0.3, 0.4) is 0 Å². The molecule has 2 aromatic carbocycles. The standard InChI is InChI=1S/C17H18FNO4/c18-13-2-4-15(5-3-13)21-10-14(20)9-19-8-12-1-6-16-17(7-12)23-11-22-16/h1-7,14,19-20H,8-11H2/t14-/m1/s1. The zero-order valence-corrected chi connectivity index (χ0v) is 12.5. The zero-order chi connectivity index (χ0) is 16.1. The number of rotatable bonds is 7. The Kier molecular flexibility index (Phi) is 4.95. The smallest absolute Gasteiger partial charge is 0.231 e. The van der Waals surface area contributed by atoms with Crippen LogP contribution in [0, 0.1) is 5.82 Å². The molecular formula is C17H18FNO4. The highest BCUT2D eigenvalue weighted by molar-refractivity contribution is 5.44. The minimum atomic E-state index is -0.658. The molecule has 0 bridgehead atoms. The van der Waals surface area contributed by atoms with Gasteiger partial charge in [0.1, 0.15) is 24.3 Å². The van der Waals surface area contributed by atoms with Crippen LogP contribution in [0.15, 0.2) is 42.5 Å². The van der Waals surface area contributed by atoms with Crippen LogP contribution in [-0.2, 0) is 6.54 Å². The number of fused-ring (bicyclic) bond motifs is 1. The Morgan fingerprint density at radius 2 is 1.91 bits per heavy atom. The number of hydrogen-bond donors (Lipinski definition) is 2. The van der Waals surface area contributed by atoms with Crippen molar-refractivity contribution >= 4 is 0 Å². The SMILES string of the molecule is O[C@H](CNCc1ccc2c(c1)OCO2)COc1ccc(F)cc1. The molecule has 1 aliphatic rings. The van der Waals surface area contributed by atoms with Crippen molar-refractivity contribution in [3.05, 3.63) is 53.8 Å². The lowest BCUT2D eigenvalue weighted by Crippen LogP contribution is -2.31. The van der Waals surface area contributed by atoms with Gasteiger partial charge < -0.3 is 24.6 Å². The van der Waals surface area contributed by atoms with E-state index in [1.54, 1.807) is 0 Å². The lowest BCUT2D eigenvalue weighted by atomic mass is 10.2. The molecule has 0 aromatic heterocycles. The number of nitrogens with one attached hydrogen (secondary N) is 1. The van der Waals surface area contributed by atoms with Gasteiger partial charge >= 0.3 is 0 Å². The van der Waals surface area contributed by atoms with Gasteiger partial charge in [0.2, 0.25) is 6.79 Å². The van der Waals surface area contributed by atoms with Crippen LogP contribution in [0.1, 0.15) is 5.56 Å². The van der Waals surface area contributed by atoms with E-state index in [0.717, 1.165) is 17.1 Å². The van der Waals surface area contributed by atoms with Gasteiger partial charge in [-0.2, -0.15) is 0 Å². The van der Waals surface area contributed by atoms with Crippen LogP contribution in [0.5, 0.6) is 17.2 Å². The third-order valence-corrected chi connectivity index (χ3v) is 3.40. The maximum atomic E-state index is 12.8. The molecule has 5 nitrogen and oxygen atoms in total. The first-order chi connectivity index (χ1) is 11.2. The number of hydrogen-bond acceptors (Lipinski definition) is 5. The average molecular weight is 319 g/mol. The highest BCUT2D eigenvalue weighted by Crippen LogP contribution is 2.32. The molecule has 0 saturated carbocycles. The van der Waals surface area contributed by atoms with Gasteiger partial charge in [-0.3, -0.25) is 0 Å². The summed E-state index contributed by atoms with van der Waals surface area (Å²) in [5.41, 5.74) is 1.04. The quantitative estimate of drug-likeness (QED) is 0.818. The molecule has 1 aliphatic heterocycles. The summed E-state index contributed by atoms with van der Waals surface area (Å²) in [6, 6.07) is 11.4. The van der Waals surface area contributed by atoms with Crippen molar-refractivity contribution in [3.63, 3.8) is 0 Å². The number of aliphatic hydroxyl groups is 1. The van der Waals surface area contributed by atoms with E-state index in [1.165, 1.54) is 24.3 Å². The zero-order valence-electron chi connectivity index (χ0n) is 12.5. The van der Waals surface area contributed by atoms with Crippen molar-refractivity contribution in [2.75, 3.05) is 19.9 Å². The minimum absolute atomic E-state index is 0.139. The molecule has 0 fully saturated rings. The molecule has 0 radical (unpaired) electrons. The highest BCUT2D eigenvalue weighted by Gasteiger charge is 2.13. The summed E-state index contributed by atoms with van der Waals surface area (Å²) < 4.78 is 28.7. The van der Waals surface area contributed by atoms with Gasteiger partial charge in [-0.15, -0.1) is 0 Å². The molecule has 2 N–H and O–H groups in total. The third-order valence-electron chi connectivity index (χ3n) is 3.40. The topological polar surface area (TPSA) is 60.0 Å². The van der Waals surface area contributed by atoms with E-state index < -0.39 is 6.10 Å². The van der Waals surface area contributed by atoms with Crippen molar-refractivity contribution in [1.82, 2.24) is 5.32 Å². The Morgan fingerprint density at radius 1 is 1.13 bits per heavy atom. The van der Waals surface area contributed by atoms with Gasteiger partial charge in [0.15, 0.2) is 11.5 Å². The Bertz CT molecular complexity index is 648. The van der Waals surface area contributed by atoms with E-state index in [1.807, 2.05) is 18.2 Å².